The molecule has 2 nitrogen and oxygen atoms in total. The van der Waals surface area contributed by atoms with E-state index in [0.717, 1.165) is 31.7 Å². The predicted octanol–water partition coefficient (Wildman–Crippen LogP) is 5.20. The quantitative estimate of drug-likeness (QED) is 0.737. The van der Waals surface area contributed by atoms with Crippen LogP contribution in [0.3, 0.4) is 0 Å². The number of rotatable bonds is 2. The average Bonchev–Trinajstić information content (AvgIpc) is 2.29. The number of nitrogen functional groups attached to an aromatic ring is 1. The highest BCUT2D eigenvalue weighted by Gasteiger charge is 2.08. The van der Waals surface area contributed by atoms with Crippen LogP contribution in [0.25, 0.3) is 0 Å². The molecule has 2 rings (SSSR count). The maximum absolute atomic E-state index is 5.88. The van der Waals surface area contributed by atoms with E-state index in [4.69, 9.17) is 10.5 Å². The Morgan fingerprint density at radius 3 is 2.28 bits per heavy atom. The Bertz CT molecular complexity index is 597. The van der Waals surface area contributed by atoms with Crippen LogP contribution < -0.4 is 10.5 Å². The highest BCUT2D eigenvalue weighted by molar-refractivity contribution is 9.11. The summed E-state index contributed by atoms with van der Waals surface area (Å²) in [5.41, 5.74) is 8.76. The van der Waals surface area contributed by atoms with E-state index < -0.39 is 0 Å². The molecule has 0 aliphatic heterocycles. The van der Waals surface area contributed by atoms with Crippen LogP contribution in [0.2, 0.25) is 0 Å². The standard InChI is InChI=1S/C14H13Br2NO/c1-8-3-4-13(10(15)5-8)18-14-6-9(2)12(17)7-11(14)16/h3-7H,17H2,1-2H3. The second-order valence-corrected chi connectivity index (χ2v) is 5.88. The van der Waals surface area contributed by atoms with Crippen molar-refractivity contribution in [3.05, 3.63) is 50.4 Å². The molecule has 0 saturated carbocycles. The van der Waals surface area contributed by atoms with Gasteiger partial charge in [-0.15, -0.1) is 0 Å². The van der Waals surface area contributed by atoms with Crippen molar-refractivity contribution in [3.63, 3.8) is 0 Å². The summed E-state index contributed by atoms with van der Waals surface area (Å²) in [7, 11) is 0. The van der Waals surface area contributed by atoms with E-state index in [1.165, 1.54) is 5.56 Å². The van der Waals surface area contributed by atoms with Gasteiger partial charge in [0.05, 0.1) is 8.95 Å². The van der Waals surface area contributed by atoms with Gasteiger partial charge in [-0.05, 0) is 81.1 Å². The van der Waals surface area contributed by atoms with Crippen molar-refractivity contribution >= 4 is 37.5 Å². The van der Waals surface area contributed by atoms with Crippen LogP contribution in [0.1, 0.15) is 11.1 Å². The fourth-order valence-electron chi connectivity index (χ4n) is 1.56. The Kier molecular flexibility index (Phi) is 3.97. The van der Waals surface area contributed by atoms with Crippen molar-refractivity contribution in [2.45, 2.75) is 13.8 Å². The van der Waals surface area contributed by atoms with Gasteiger partial charge in [-0.2, -0.15) is 0 Å². The molecule has 0 amide bonds. The van der Waals surface area contributed by atoms with Crippen LogP contribution in [-0.4, -0.2) is 0 Å². The first-order valence-electron chi connectivity index (χ1n) is 5.47. The number of hydrogen-bond donors (Lipinski definition) is 1. The zero-order valence-electron chi connectivity index (χ0n) is 10.1. The molecule has 0 heterocycles. The Balaban J connectivity index is 2.37. The van der Waals surface area contributed by atoms with E-state index in [2.05, 4.69) is 31.9 Å². The fraction of sp³-hybridized carbons (Fsp3) is 0.143. The van der Waals surface area contributed by atoms with Gasteiger partial charge >= 0.3 is 0 Å². The minimum Gasteiger partial charge on any atom is -0.455 e. The fourth-order valence-corrected chi connectivity index (χ4v) is 2.57. The molecule has 2 aromatic rings. The van der Waals surface area contributed by atoms with Gasteiger partial charge in [0.15, 0.2) is 0 Å². The first kappa shape index (κ1) is 13.4. The third-order valence-corrected chi connectivity index (χ3v) is 3.87. The van der Waals surface area contributed by atoms with E-state index in [0.29, 0.717) is 0 Å². The Morgan fingerprint density at radius 1 is 0.944 bits per heavy atom. The van der Waals surface area contributed by atoms with Gasteiger partial charge in [0, 0.05) is 5.69 Å². The van der Waals surface area contributed by atoms with Crippen LogP contribution in [-0.2, 0) is 0 Å². The maximum Gasteiger partial charge on any atom is 0.142 e. The number of nitrogens with two attached hydrogens (primary N) is 1. The topological polar surface area (TPSA) is 35.2 Å². The number of hydrogen-bond acceptors (Lipinski definition) is 2. The van der Waals surface area contributed by atoms with Crippen LogP contribution in [0.4, 0.5) is 5.69 Å². The van der Waals surface area contributed by atoms with Crippen molar-refractivity contribution in [2.75, 3.05) is 5.73 Å². The largest absolute Gasteiger partial charge is 0.455 e. The number of halogens is 2. The summed E-state index contributed by atoms with van der Waals surface area (Å²) >= 11 is 6.95. The highest BCUT2D eigenvalue weighted by atomic mass is 79.9. The second kappa shape index (κ2) is 5.33. The second-order valence-electron chi connectivity index (χ2n) is 4.18. The van der Waals surface area contributed by atoms with Crippen molar-refractivity contribution in [3.8, 4) is 11.5 Å². The molecule has 0 atom stereocenters. The van der Waals surface area contributed by atoms with Crippen molar-refractivity contribution in [1.82, 2.24) is 0 Å². The lowest BCUT2D eigenvalue weighted by Gasteiger charge is -2.12. The normalized spacial score (nSPS) is 10.4. The molecule has 0 saturated heterocycles. The Hall–Kier alpha value is -1.000. The molecule has 2 aromatic carbocycles. The van der Waals surface area contributed by atoms with Crippen molar-refractivity contribution in [2.24, 2.45) is 0 Å². The molecule has 0 aliphatic carbocycles. The van der Waals surface area contributed by atoms with Gasteiger partial charge < -0.3 is 10.5 Å². The number of ether oxygens (including phenoxy) is 1. The molecular formula is C14H13Br2NO. The average molecular weight is 371 g/mol. The van der Waals surface area contributed by atoms with Gasteiger partial charge in [0.25, 0.3) is 0 Å². The minimum absolute atomic E-state index is 0.747. The summed E-state index contributed by atoms with van der Waals surface area (Å²) in [6, 6.07) is 9.75. The molecule has 0 spiro atoms. The first-order chi connectivity index (χ1) is 8.47. The van der Waals surface area contributed by atoms with E-state index in [-0.39, 0.29) is 0 Å². The van der Waals surface area contributed by atoms with Gasteiger partial charge in [-0.1, -0.05) is 6.07 Å². The highest BCUT2D eigenvalue weighted by Crippen LogP contribution is 2.36. The molecule has 0 bridgehead atoms. The predicted molar refractivity (Wildman–Crippen MR) is 82.2 cm³/mol. The first-order valence-corrected chi connectivity index (χ1v) is 7.05. The molecular weight excluding hydrogens is 358 g/mol. The molecule has 4 heteroatoms. The Labute approximate surface area is 123 Å². The zero-order chi connectivity index (χ0) is 13.3. The molecule has 0 aliphatic rings. The lowest BCUT2D eigenvalue weighted by molar-refractivity contribution is 0.476. The summed E-state index contributed by atoms with van der Waals surface area (Å²) in [6.07, 6.45) is 0. The molecule has 94 valence electrons. The molecule has 0 radical (unpaired) electrons. The molecule has 0 aromatic heterocycles. The summed E-state index contributed by atoms with van der Waals surface area (Å²) in [5.74, 6) is 1.54. The van der Waals surface area contributed by atoms with E-state index in [9.17, 15) is 0 Å². The summed E-state index contributed by atoms with van der Waals surface area (Å²) in [5, 5.41) is 0. The summed E-state index contributed by atoms with van der Waals surface area (Å²) in [6.45, 7) is 4.00. The van der Waals surface area contributed by atoms with Crippen LogP contribution in [0.5, 0.6) is 11.5 Å². The third-order valence-electron chi connectivity index (χ3n) is 2.63. The monoisotopic (exact) mass is 369 g/mol. The number of anilines is 1. The van der Waals surface area contributed by atoms with Gasteiger partial charge in [-0.25, -0.2) is 0 Å². The maximum atomic E-state index is 5.88. The van der Waals surface area contributed by atoms with Crippen LogP contribution in [0, 0.1) is 13.8 Å². The van der Waals surface area contributed by atoms with Gasteiger partial charge in [-0.3, -0.25) is 0 Å². The Morgan fingerprint density at radius 2 is 1.61 bits per heavy atom. The molecule has 0 unspecified atom stereocenters. The molecule has 0 fully saturated rings. The summed E-state index contributed by atoms with van der Waals surface area (Å²) < 4.78 is 7.66. The van der Waals surface area contributed by atoms with Crippen LogP contribution in [0.15, 0.2) is 39.3 Å². The number of benzene rings is 2. The molecule has 2 N–H and O–H groups in total. The van der Waals surface area contributed by atoms with Crippen LogP contribution >= 0.6 is 31.9 Å². The summed E-state index contributed by atoms with van der Waals surface area (Å²) in [4.78, 5) is 0. The molecule has 18 heavy (non-hydrogen) atoms. The van der Waals surface area contributed by atoms with Crippen molar-refractivity contribution in [1.29, 1.82) is 0 Å². The minimum atomic E-state index is 0.747. The SMILES string of the molecule is Cc1ccc(Oc2cc(C)c(N)cc2Br)c(Br)c1. The number of aryl methyl sites for hydroxylation is 2. The zero-order valence-corrected chi connectivity index (χ0v) is 13.3. The van der Waals surface area contributed by atoms with E-state index in [1.807, 2.05) is 44.2 Å². The van der Waals surface area contributed by atoms with Gasteiger partial charge in [0.1, 0.15) is 11.5 Å². The van der Waals surface area contributed by atoms with Gasteiger partial charge in [0.2, 0.25) is 0 Å². The third kappa shape index (κ3) is 2.87. The lowest BCUT2D eigenvalue weighted by atomic mass is 10.2. The lowest BCUT2D eigenvalue weighted by Crippen LogP contribution is -1.93. The smallest absolute Gasteiger partial charge is 0.142 e. The van der Waals surface area contributed by atoms with E-state index >= 15 is 0 Å². The van der Waals surface area contributed by atoms with E-state index in [1.54, 1.807) is 0 Å². The van der Waals surface area contributed by atoms with Crippen molar-refractivity contribution < 1.29 is 4.74 Å².